The lowest BCUT2D eigenvalue weighted by molar-refractivity contribution is -0.132. The molecule has 1 saturated heterocycles. The second-order valence-corrected chi connectivity index (χ2v) is 9.25. The first-order valence-electron chi connectivity index (χ1n) is 11.5. The highest BCUT2D eigenvalue weighted by molar-refractivity contribution is 6.36. The van der Waals surface area contributed by atoms with Gasteiger partial charge in [-0.25, -0.2) is 0 Å². The number of carbonyl (C=O) groups excluding carboxylic acids is 2. The Balaban J connectivity index is 1.34. The molecule has 1 aromatic heterocycles. The molecule has 1 aliphatic rings. The first-order chi connectivity index (χ1) is 16.9. The number of likely N-dealkylation sites (N-methyl/N-ethyl adjacent to an activating group) is 1. The average molecular weight is 512 g/mol. The Morgan fingerprint density at radius 3 is 2.34 bits per heavy atom. The highest BCUT2D eigenvalue weighted by atomic mass is 35.5. The van der Waals surface area contributed by atoms with Crippen LogP contribution in [0.5, 0.6) is 0 Å². The van der Waals surface area contributed by atoms with E-state index in [4.69, 9.17) is 23.2 Å². The Hall–Kier alpha value is -3.16. The average Bonchev–Trinajstić information content (AvgIpc) is 2.87. The van der Waals surface area contributed by atoms with Crippen molar-refractivity contribution in [3.63, 3.8) is 0 Å². The molecule has 2 heterocycles. The van der Waals surface area contributed by atoms with Gasteiger partial charge < -0.3 is 14.7 Å². The van der Waals surface area contributed by atoms with Gasteiger partial charge in [0.05, 0.1) is 10.7 Å². The third-order valence-electron chi connectivity index (χ3n) is 6.18. The van der Waals surface area contributed by atoms with Gasteiger partial charge in [0.15, 0.2) is 5.82 Å². The number of piperazine rings is 1. The topological polar surface area (TPSA) is 69.6 Å². The molecule has 35 heavy (non-hydrogen) atoms. The second-order valence-electron chi connectivity index (χ2n) is 8.40. The second kappa shape index (κ2) is 11.1. The predicted molar refractivity (Wildman–Crippen MR) is 139 cm³/mol. The molecule has 0 radical (unpaired) electrons. The van der Waals surface area contributed by atoms with Crippen molar-refractivity contribution in [2.45, 2.75) is 13.8 Å². The fourth-order valence-corrected chi connectivity index (χ4v) is 4.60. The van der Waals surface area contributed by atoms with Crippen LogP contribution >= 0.6 is 23.2 Å². The summed E-state index contributed by atoms with van der Waals surface area (Å²) >= 11 is 12.3. The molecular formula is C26H27Cl2N5O2. The fourth-order valence-electron chi connectivity index (χ4n) is 4.09. The van der Waals surface area contributed by atoms with E-state index >= 15 is 0 Å². The number of hydrogen-bond donors (Lipinski definition) is 0. The standard InChI is InChI=1S/C26H27Cl2N5O2/c1-3-31(26(35)20-7-5-4-6-18(20)2)17-25(34)33-14-12-32(13-15-33)24-11-10-23(29-30-24)21-9-8-19(27)16-22(21)28/h4-11,16H,3,12-15,17H2,1-2H3. The molecule has 0 bridgehead atoms. The van der Waals surface area contributed by atoms with E-state index < -0.39 is 0 Å². The number of hydrogen-bond acceptors (Lipinski definition) is 5. The maximum atomic E-state index is 13.0. The molecule has 3 aromatic rings. The number of carbonyl (C=O) groups is 2. The van der Waals surface area contributed by atoms with Gasteiger partial charge in [-0.15, -0.1) is 10.2 Å². The minimum Gasteiger partial charge on any atom is -0.352 e. The van der Waals surface area contributed by atoms with Crippen LogP contribution in [0.15, 0.2) is 54.6 Å². The molecule has 0 unspecified atom stereocenters. The van der Waals surface area contributed by atoms with Crippen LogP contribution in [0, 0.1) is 6.92 Å². The first-order valence-corrected chi connectivity index (χ1v) is 12.3. The molecule has 1 aliphatic heterocycles. The van der Waals surface area contributed by atoms with Crippen molar-refractivity contribution in [2.24, 2.45) is 0 Å². The Bertz CT molecular complexity index is 1210. The number of nitrogens with zero attached hydrogens (tertiary/aromatic N) is 5. The highest BCUT2D eigenvalue weighted by Gasteiger charge is 2.25. The smallest absolute Gasteiger partial charge is 0.254 e. The summed E-state index contributed by atoms with van der Waals surface area (Å²) in [6.45, 7) is 6.72. The lowest BCUT2D eigenvalue weighted by Crippen LogP contribution is -2.52. The summed E-state index contributed by atoms with van der Waals surface area (Å²) in [5.41, 5.74) is 2.98. The van der Waals surface area contributed by atoms with Crippen LogP contribution < -0.4 is 4.90 Å². The van der Waals surface area contributed by atoms with Crippen LogP contribution in [0.2, 0.25) is 10.0 Å². The van der Waals surface area contributed by atoms with Gasteiger partial charge >= 0.3 is 0 Å². The molecule has 0 saturated carbocycles. The molecule has 0 atom stereocenters. The van der Waals surface area contributed by atoms with Crippen LogP contribution in [-0.4, -0.2) is 71.1 Å². The van der Waals surface area contributed by atoms with Crippen molar-refractivity contribution < 1.29 is 9.59 Å². The number of rotatable bonds is 6. The van der Waals surface area contributed by atoms with E-state index in [0.717, 1.165) is 16.9 Å². The van der Waals surface area contributed by atoms with Gasteiger partial charge in [0, 0.05) is 48.9 Å². The van der Waals surface area contributed by atoms with Crippen molar-refractivity contribution in [3.8, 4) is 11.3 Å². The minimum atomic E-state index is -0.117. The molecule has 0 aliphatic carbocycles. The number of halogens is 2. The van der Waals surface area contributed by atoms with E-state index in [2.05, 4.69) is 15.1 Å². The van der Waals surface area contributed by atoms with Gasteiger partial charge in [0.25, 0.3) is 5.91 Å². The molecular weight excluding hydrogens is 485 g/mol. The summed E-state index contributed by atoms with van der Waals surface area (Å²) in [4.78, 5) is 31.4. The molecule has 0 spiro atoms. The number of aromatic nitrogens is 2. The zero-order valence-electron chi connectivity index (χ0n) is 19.7. The van der Waals surface area contributed by atoms with Gasteiger partial charge in [-0.3, -0.25) is 9.59 Å². The van der Waals surface area contributed by atoms with E-state index in [1.807, 2.05) is 50.2 Å². The van der Waals surface area contributed by atoms with Gasteiger partial charge in [-0.1, -0.05) is 41.4 Å². The Morgan fingerprint density at radius 1 is 0.971 bits per heavy atom. The quantitative estimate of drug-likeness (QED) is 0.484. The van der Waals surface area contributed by atoms with Crippen LogP contribution in [0.1, 0.15) is 22.8 Å². The zero-order chi connectivity index (χ0) is 24.9. The summed E-state index contributed by atoms with van der Waals surface area (Å²) in [6, 6.07) is 16.5. The molecule has 9 heteroatoms. The summed E-state index contributed by atoms with van der Waals surface area (Å²) in [5.74, 6) is 0.580. The summed E-state index contributed by atoms with van der Waals surface area (Å²) in [7, 11) is 0. The number of anilines is 1. The molecule has 0 N–H and O–H groups in total. The third kappa shape index (κ3) is 5.74. The van der Waals surface area contributed by atoms with E-state index in [0.29, 0.717) is 54.0 Å². The fraction of sp³-hybridized carbons (Fsp3) is 0.308. The van der Waals surface area contributed by atoms with Crippen molar-refractivity contribution in [1.82, 2.24) is 20.0 Å². The molecule has 2 aromatic carbocycles. The maximum Gasteiger partial charge on any atom is 0.254 e. The monoisotopic (exact) mass is 511 g/mol. The van der Waals surface area contributed by atoms with Crippen LogP contribution in [0.4, 0.5) is 5.82 Å². The van der Waals surface area contributed by atoms with E-state index in [-0.39, 0.29) is 18.4 Å². The molecule has 1 fully saturated rings. The lowest BCUT2D eigenvalue weighted by atomic mass is 10.1. The third-order valence-corrected chi connectivity index (χ3v) is 6.73. The minimum absolute atomic E-state index is 0.0488. The normalized spacial score (nSPS) is 13.6. The van der Waals surface area contributed by atoms with Crippen molar-refractivity contribution >= 4 is 40.8 Å². The number of benzene rings is 2. The van der Waals surface area contributed by atoms with E-state index in [9.17, 15) is 9.59 Å². The zero-order valence-corrected chi connectivity index (χ0v) is 21.3. The maximum absolute atomic E-state index is 13.0. The lowest BCUT2D eigenvalue weighted by Gasteiger charge is -2.36. The van der Waals surface area contributed by atoms with Crippen molar-refractivity contribution in [1.29, 1.82) is 0 Å². The van der Waals surface area contributed by atoms with Gasteiger partial charge in [0.2, 0.25) is 5.91 Å². The largest absolute Gasteiger partial charge is 0.352 e. The van der Waals surface area contributed by atoms with Crippen LogP contribution in [0.3, 0.4) is 0 Å². The number of amides is 2. The van der Waals surface area contributed by atoms with E-state index in [1.165, 1.54) is 0 Å². The van der Waals surface area contributed by atoms with Crippen molar-refractivity contribution in [3.05, 3.63) is 75.8 Å². The molecule has 182 valence electrons. The van der Waals surface area contributed by atoms with Gasteiger partial charge in [-0.05, 0) is 55.8 Å². The van der Waals surface area contributed by atoms with Gasteiger partial charge in [0.1, 0.15) is 6.54 Å². The summed E-state index contributed by atoms with van der Waals surface area (Å²) in [6.07, 6.45) is 0. The predicted octanol–water partition coefficient (Wildman–Crippen LogP) is 4.57. The van der Waals surface area contributed by atoms with Crippen molar-refractivity contribution in [2.75, 3.05) is 44.2 Å². The highest BCUT2D eigenvalue weighted by Crippen LogP contribution is 2.29. The van der Waals surface area contributed by atoms with E-state index in [1.54, 1.807) is 28.0 Å². The Morgan fingerprint density at radius 2 is 1.71 bits per heavy atom. The summed E-state index contributed by atoms with van der Waals surface area (Å²) in [5, 5.41) is 9.79. The molecule has 2 amide bonds. The molecule has 4 rings (SSSR count). The Labute approximate surface area is 215 Å². The summed E-state index contributed by atoms with van der Waals surface area (Å²) < 4.78 is 0. The SMILES string of the molecule is CCN(CC(=O)N1CCN(c2ccc(-c3ccc(Cl)cc3Cl)nn2)CC1)C(=O)c1ccccc1C. The molecule has 7 nitrogen and oxygen atoms in total. The van der Waals surface area contributed by atoms with Crippen LogP contribution in [0.25, 0.3) is 11.3 Å². The van der Waals surface area contributed by atoms with Crippen LogP contribution in [-0.2, 0) is 4.79 Å². The van der Waals surface area contributed by atoms with Gasteiger partial charge in [-0.2, -0.15) is 0 Å². The first kappa shape index (κ1) is 24.9. The Kier molecular flexibility index (Phi) is 7.88. The number of aryl methyl sites for hydroxylation is 1.